The fourth-order valence-electron chi connectivity index (χ4n) is 2.65. The number of nitrogens with zero attached hydrogens (tertiary/aromatic N) is 1. The Morgan fingerprint density at radius 1 is 1.25 bits per heavy atom. The number of carbonyl (C=O) groups excluding carboxylic acids is 1. The number of aliphatic hydroxyl groups is 1. The van der Waals surface area contributed by atoms with E-state index in [1.165, 1.54) is 6.07 Å². The van der Waals surface area contributed by atoms with E-state index in [9.17, 15) is 23.4 Å². The normalized spacial score (nSPS) is 17.1. The molecule has 0 aromatic heterocycles. The van der Waals surface area contributed by atoms with Crippen LogP contribution in [0.25, 0.3) is 0 Å². The minimum Gasteiger partial charge on any atom is -0.506 e. The number of unbranched alkanes of at least 4 members (excludes halogenated alkanes) is 2. The van der Waals surface area contributed by atoms with E-state index in [0.717, 1.165) is 42.0 Å². The maximum atomic E-state index is 11.9. The molecule has 1 aliphatic heterocycles. The van der Waals surface area contributed by atoms with Crippen LogP contribution in [0.3, 0.4) is 0 Å². The van der Waals surface area contributed by atoms with Crippen molar-refractivity contribution in [2.45, 2.75) is 51.6 Å². The van der Waals surface area contributed by atoms with Crippen molar-refractivity contribution in [3.63, 3.8) is 0 Å². The van der Waals surface area contributed by atoms with E-state index >= 15 is 0 Å². The Labute approximate surface area is 142 Å². The fraction of sp³-hybridized carbons (Fsp3) is 0.562. The van der Waals surface area contributed by atoms with Crippen molar-refractivity contribution < 1.29 is 23.4 Å². The van der Waals surface area contributed by atoms with Gasteiger partial charge in [-0.05, 0) is 50.8 Å². The lowest BCUT2D eigenvalue weighted by Gasteiger charge is -2.17. The zero-order chi connectivity index (χ0) is 18.0. The number of phenols is 1. The van der Waals surface area contributed by atoms with Gasteiger partial charge in [0.15, 0.2) is 0 Å². The minimum absolute atomic E-state index is 0.113. The molecule has 0 atom stereocenters. The average Bonchev–Trinajstić information content (AvgIpc) is 2.71. The lowest BCUT2D eigenvalue weighted by Crippen LogP contribution is -2.29. The topological polar surface area (TPSA) is 107 Å². The third kappa shape index (κ3) is 4.85. The summed E-state index contributed by atoms with van der Waals surface area (Å²) < 4.78 is 26.5. The standard InChI is InChI=1S/C16H24N2O5S/c1-16(2,21)9-5-3-4-6-12-7-8-14(19)13(10-12)18-11-15(20)17-24(18,22)23/h7-8,10,19,21H,3-6,9,11H2,1-2H3,(H,17,20). The SMILES string of the molecule is CC(C)(O)CCCCCc1ccc(O)c(N2CC(=O)NS2(=O)=O)c1. The molecule has 134 valence electrons. The summed E-state index contributed by atoms with van der Waals surface area (Å²) in [6, 6.07) is 4.79. The van der Waals surface area contributed by atoms with E-state index in [-0.39, 0.29) is 18.0 Å². The van der Waals surface area contributed by atoms with Gasteiger partial charge >= 0.3 is 10.2 Å². The van der Waals surface area contributed by atoms with Crippen molar-refractivity contribution in [2.75, 3.05) is 10.8 Å². The molecule has 1 aromatic rings. The summed E-state index contributed by atoms with van der Waals surface area (Å²) in [7, 11) is -3.93. The summed E-state index contributed by atoms with van der Waals surface area (Å²) in [5, 5.41) is 19.6. The number of anilines is 1. The number of aryl methyl sites for hydroxylation is 1. The predicted octanol–water partition coefficient (Wildman–Crippen LogP) is 1.45. The van der Waals surface area contributed by atoms with Crippen LogP contribution in [0.4, 0.5) is 5.69 Å². The van der Waals surface area contributed by atoms with Gasteiger partial charge in [0, 0.05) is 0 Å². The molecule has 1 fully saturated rings. The molecule has 0 saturated carbocycles. The molecule has 2 rings (SSSR count). The molecule has 0 unspecified atom stereocenters. The minimum atomic E-state index is -3.93. The quantitative estimate of drug-likeness (QED) is 0.641. The van der Waals surface area contributed by atoms with E-state index in [1.54, 1.807) is 26.0 Å². The molecular weight excluding hydrogens is 332 g/mol. The van der Waals surface area contributed by atoms with Crippen LogP contribution >= 0.6 is 0 Å². The van der Waals surface area contributed by atoms with E-state index in [4.69, 9.17) is 0 Å². The average molecular weight is 356 g/mol. The van der Waals surface area contributed by atoms with Gasteiger partial charge in [-0.15, -0.1) is 0 Å². The highest BCUT2D eigenvalue weighted by molar-refractivity contribution is 7.92. The van der Waals surface area contributed by atoms with Crippen molar-refractivity contribution >= 4 is 21.8 Å². The van der Waals surface area contributed by atoms with Crippen LogP contribution in [0.2, 0.25) is 0 Å². The molecule has 0 bridgehead atoms. The summed E-state index contributed by atoms with van der Waals surface area (Å²) in [5.41, 5.74) is 0.345. The Balaban J connectivity index is 2.00. The van der Waals surface area contributed by atoms with Crippen molar-refractivity contribution in [1.29, 1.82) is 0 Å². The predicted molar refractivity (Wildman–Crippen MR) is 91.0 cm³/mol. The molecule has 1 aromatic carbocycles. The number of hydrogen-bond donors (Lipinski definition) is 3. The highest BCUT2D eigenvalue weighted by Gasteiger charge is 2.35. The fourth-order valence-corrected chi connectivity index (χ4v) is 3.80. The summed E-state index contributed by atoms with van der Waals surface area (Å²) in [5.74, 6) is -0.799. The Bertz CT molecular complexity index is 710. The first-order valence-corrected chi connectivity index (χ1v) is 9.40. The molecule has 1 heterocycles. The number of carbonyl (C=O) groups is 1. The van der Waals surface area contributed by atoms with Gasteiger partial charge in [-0.3, -0.25) is 4.79 Å². The van der Waals surface area contributed by atoms with Crippen LogP contribution in [0.5, 0.6) is 5.75 Å². The molecular formula is C16H24N2O5S. The van der Waals surface area contributed by atoms with Crippen molar-refractivity contribution in [3.8, 4) is 5.75 Å². The molecule has 0 aliphatic carbocycles. The first-order valence-electron chi connectivity index (χ1n) is 7.96. The maximum Gasteiger partial charge on any atom is 0.326 e. The Morgan fingerprint density at radius 2 is 1.96 bits per heavy atom. The Hall–Kier alpha value is -1.80. The Kier molecular flexibility index (Phi) is 5.39. The largest absolute Gasteiger partial charge is 0.506 e. The zero-order valence-corrected chi connectivity index (χ0v) is 14.8. The van der Waals surface area contributed by atoms with Crippen LogP contribution < -0.4 is 9.03 Å². The Morgan fingerprint density at radius 3 is 2.54 bits per heavy atom. The number of hydrogen-bond acceptors (Lipinski definition) is 5. The monoisotopic (exact) mass is 356 g/mol. The van der Waals surface area contributed by atoms with Gasteiger partial charge in [0.1, 0.15) is 12.3 Å². The summed E-state index contributed by atoms with van der Waals surface area (Å²) in [6.07, 6.45) is 4.21. The molecule has 0 radical (unpaired) electrons. The zero-order valence-electron chi connectivity index (χ0n) is 13.9. The number of rotatable bonds is 7. The van der Waals surface area contributed by atoms with Gasteiger partial charge in [0.05, 0.1) is 11.3 Å². The number of benzene rings is 1. The van der Waals surface area contributed by atoms with Crippen LogP contribution in [-0.4, -0.2) is 36.7 Å². The third-order valence-corrected chi connectivity index (χ3v) is 5.27. The van der Waals surface area contributed by atoms with Gasteiger partial charge in [-0.1, -0.05) is 18.9 Å². The smallest absolute Gasteiger partial charge is 0.326 e. The van der Waals surface area contributed by atoms with Gasteiger partial charge in [0.2, 0.25) is 0 Å². The van der Waals surface area contributed by atoms with Gasteiger partial charge in [0.25, 0.3) is 5.91 Å². The molecule has 1 aliphatic rings. The van der Waals surface area contributed by atoms with Crippen LogP contribution in [-0.2, 0) is 21.4 Å². The second-order valence-electron chi connectivity index (χ2n) is 6.73. The number of amides is 1. The number of aromatic hydroxyl groups is 1. The molecule has 1 amide bonds. The summed E-state index contributed by atoms with van der Waals surface area (Å²) in [4.78, 5) is 11.3. The van der Waals surface area contributed by atoms with E-state index in [2.05, 4.69) is 0 Å². The first-order chi connectivity index (χ1) is 11.1. The van der Waals surface area contributed by atoms with Crippen LogP contribution in [0.1, 0.15) is 45.1 Å². The van der Waals surface area contributed by atoms with Crippen LogP contribution in [0.15, 0.2) is 18.2 Å². The molecule has 0 spiro atoms. The van der Waals surface area contributed by atoms with Gasteiger partial charge in [-0.2, -0.15) is 8.42 Å². The molecule has 3 N–H and O–H groups in total. The second-order valence-corrected chi connectivity index (χ2v) is 8.33. The van der Waals surface area contributed by atoms with E-state index in [0.29, 0.717) is 0 Å². The van der Waals surface area contributed by atoms with Crippen molar-refractivity contribution in [3.05, 3.63) is 23.8 Å². The molecule has 24 heavy (non-hydrogen) atoms. The van der Waals surface area contributed by atoms with Crippen molar-refractivity contribution in [1.82, 2.24) is 4.72 Å². The molecule has 7 nitrogen and oxygen atoms in total. The highest BCUT2D eigenvalue weighted by atomic mass is 32.2. The van der Waals surface area contributed by atoms with Gasteiger partial charge < -0.3 is 10.2 Å². The van der Waals surface area contributed by atoms with Crippen LogP contribution in [0, 0.1) is 0 Å². The number of nitrogens with one attached hydrogen (secondary N) is 1. The lowest BCUT2D eigenvalue weighted by atomic mass is 9.99. The lowest BCUT2D eigenvalue weighted by molar-refractivity contribution is -0.117. The third-order valence-electron chi connectivity index (χ3n) is 3.88. The van der Waals surface area contributed by atoms with E-state index in [1.807, 2.05) is 4.72 Å². The second kappa shape index (κ2) is 6.98. The maximum absolute atomic E-state index is 11.9. The number of phenolic OH excluding ortho intramolecular Hbond substituents is 1. The molecule has 8 heteroatoms. The van der Waals surface area contributed by atoms with E-state index < -0.39 is 21.7 Å². The summed E-state index contributed by atoms with van der Waals surface area (Å²) in [6.45, 7) is 3.24. The van der Waals surface area contributed by atoms with Crippen molar-refractivity contribution in [2.24, 2.45) is 0 Å². The van der Waals surface area contributed by atoms with Gasteiger partial charge in [-0.25, -0.2) is 9.03 Å². The molecule has 1 saturated heterocycles. The highest BCUT2D eigenvalue weighted by Crippen LogP contribution is 2.32. The first kappa shape index (κ1) is 18.5. The summed E-state index contributed by atoms with van der Waals surface area (Å²) >= 11 is 0.